The lowest BCUT2D eigenvalue weighted by atomic mass is 10.2. The van der Waals surface area contributed by atoms with E-state index in [2.05, 4.69) is 0 Å². The topological polar surface area (TPSA) is 33.0 Å². The lowest BCUT2D eigenvalue weighted by molar-refractivity contribution is 0.442. The van der Waals surface area contributed by atoms with Gasteiger partial charge >= 0.3 is 0 Å². The summed E-state index contributed by atoms with van der Waals surface area (Å²) < 4.78 is 18.9. The highest BCUT2D eigenvalue weighted by atomic mass is 19.1. The van der Waals surface area contributed by atoms with Crippen molar-refractivity contribution in [2.24, 2.45) is 0 Å². The van der Waals surface area contributed by atoms with Crippen LogP contribution in [0.3, 0.4) is 0 Å². The molecule has 84 valence electrons. The van der Waals surface area contributed by atoms with Gasteiger partial charge in [0.15, 0.2) is 11.6 Å². The summed E-state index contributed by atoms with van der Waals surface area (Å²) in [4.78, 5) is 0. The van der Waals surface area contributed by atoms with Gasteiger partial charge in [0.05, 0.1) is 11.6 Å². The predicted octanol–water partition coefficient (Wildman–Crippen LogP) is 3.80. The van der Waals surface area contributed by atoms with Crippen LogP contribution in [0.4, 0.5) is 4.39 Å². The molecule has 0 aliphatic carbocycles. The number of ether oxygens (including phenoxy) is 1. The molecule has 0 amide bonds. The molecule has 0 fully saturated rings. The first-order valence-corrected chi connectivity index (χ1v) is 5.13. The molecule has 0 aliphatic rings. The Hall–Kier alpha value is -2.34. The third-order valence-electron chi connectivity index (χ3n) is 2.30. The van der Waals surface area contributed by atoms with Crippen molar-refractivity contribution in [2.75, 3.05) is 0 Å². The average Bonchev–Trinajstić information content (AvgIpc) is 2.34. The Kier molecular flexibility index (Phi) is 3.06. The quantitative estimate of drug-likeness (QED) is 0.781. The van der Waals surface area contributed by atoms with E-state index in [0.29, 0.717) is 11.3 Å². The van der Waals surface area contributed by atoms with E-state index in [-0.39, 0.29) is 5.75 Å². The third kappa shape index (κ3) is 2.61. The molecule has 0 saturated carbocycles. The van der Waals surface area contributed by atoms with Crippen LogP contribution in [0.1, 0.15) is 11.1 Å². The number of nitrogens with zero attached hydrogens (tertiary/aromatic N) is 1. The standard InChI is InChI=1S/C14H10FNO/c1-10-2-7-14(13(15)8-10)17-12-5-3-11(9-16)4-6-12/h2-8H,1H3. The Morgan fingerprint density at radius 2 is 1.82 bits per heavy atom. The summed E-state index contributed by atoms with van der Waals surface area (Å²) in [6, 6.07) is 13.3. The SMILES string of the molecule is Cc1ccc(Oc2ccc(C#N)cc2)c(F)c1. The van der Waals surface area contributed by atoms with Gasteiger partial charge in [0.1, 0.15) is 5.75 Å². The second-order valence-corrected chi connectivity index (χ2v) is 3.67. The highest BCUT2D eigenvalue weighted by molar-refractivity contribution is 5.38. The minimum Gasteiger partial charge on any atom is -0.454 e. The van der Waals surface area contributed by atoms with E-state index in [1.54, 1.807) is 36.4 Å². The van der Waals surface area contributed by atoms with Crippen LogP contribution < -0.4 is 4.74 Å². The van der Waals surface area contributed by atoms with E-state index < -0.39 is 5.82 Å². The molecule has 2 aromatic carbocycles. The maximum absolute atomic E-state index is 13.5. The number of rotatable bonds is 2. The molecule has 0 aliphatic heterocycles. The predicted molar refractivity (Wildman–Crippen MR) is 62.4 cm³/mol. The molecule has 0 bridgehead atoms. The van der Waals surface area contributed by atoms with Gasteiger partial charge in [0.25, 0.3) is 0 Å². The van der Waals surface area contributed by atoms with Crippen LogP contribution in [0.15, 0.2) is 42.5 Å². The number of hydrogen-bond acceptors (Lipinski definition) is 2. The van der Waals surface area contributed by atoms with Gasteiger partial charge in [-0.15, -0.1) is 0 Å². The van der Waals surface area contributed by atoms with Crippen molar-refractivity contribution in [3.8, 4) is 17.6 Å². The van der Waals surface area contributed by atoms with Gasteiger partial charge in [-0.05, 0) is 48.9 Å². The van der Waals surface area contributed by atoms with Crippen molar-refractivity contribution in [1.29, 1.82) is 5.26 Å². The maximum atomic E-state index is 13.5. The van der Waals surface area contributed by atoms with Gasteiger partial charge in [0.2, 0.25) is 0 Å². The molecule has 2 nitrogen and oxygen atoms in total. The number of nitriles is 1. The van der Waals surface area contributed by atoms with E-state index in [4.69, 9.17) is 10.00 Å². The van der Waals surface area contributed by atoms with Crippen LogP contribution >= 0.6 is 0 Å². The monoisotopic (exact) mass is 227 g/mol. The zero-order valence-electron chi connectivity index (χ0n) is 9.27. The first kappa shape index (κ1) is 11.2. The summed E-state index contributed by atoms with van der Waals surface area (Å²) in [6.45, 7) is 1.81. The van der Waals surface area contributed by atoms with Crippen LogP contribution in [0, 0.1) is 24.1 Å². The molecular weight excluding hydrogens is 217 g/mol. The van der Waals surface area contributed by atoms with Crippen molar-refractivity contribution < 1.29 is 9.13 Å². The zero-order chi connectivity index (χ0) is 12.3. The van der Waals surface area contributed by atoms with Crippen molar-refractivity contribution >= 4 is 0 Å². The summed E-state index contributed by atoms with van der Waals surface area (Å²) in [6.07, 6.45) is 0. The molecule has 3 heteroatoms. The number of halogens is 1. The van der Waals surface area contributed by atoms with Gasteiger partial charge in [0, 0.05) is 0 Å². The fourth-order valence-corrected chi connectivity index (χ4v) is 1.41. The molecule has 2 rings (SSSR count). The average molecular weight is 227 g/mol. The molecule has 2 aromatic rings. The van der Waals surface area contributed by atoms with Crippen molar-refractivity contribution in [2.45, 2.75) is 6.92 Å². The Balaban J connectivity index is 2.23. The molecule has 0 N–H and O–H groups in total. The van der Waals surface area contributed by atoms with Crippen LogP contribution in [-0.2, 0) is 0 Å². The second kappa shape index (κ2) is 4.67. The van der Waals surface area contributed by atoms with Gasteiger partial charge in [-0.2, -0.15) is 5.26 Å². The lowest BCUT2D eigenvalue weighted by Crippen LogP contribution is -1.89. The number of hydrogen-bond donors (Lipinski definition) is 0. The smallest absolute Gasteiger partial charge is 0.165 e. The van der Waals surface area contributed by atoms with Gasteiger partial charge < -0.3 is 4.74 Å². The molecule has 0 aromatic heterocycles. The first-order valence-electron chi connectivity index (χ1n) is 5.13. The number of benzene rings is 2. The Morgan fingerprint density at radius 1 is 1.12 bits per heavy atom. The molecule has 17 heavy (non-hydrogen) atoms. The van der Waals surface area contributed by atoms with E-state index in [1.165, 1.54) is 6.07 Å². The molecule has 0 atom stereocenters. The van der Waals surface area contributed by atoms with Crippen molar-refractivity contribution in [1.82, 2.24) is 0 Å². The van der Waals surface area contributed by atoms with Gasteiger partial charge in [-0.1, -0.05) is 6.07 Å². The first-order chi connectivity index (χ1) is 8.19. The highest BCUT2D eigenvalue weighted by Crippen LogP contribution is 2.25. The summed E-state index contributed by atoms with van der Waals surface area (Å²) >= 11 is 0. The fourth-order valence-electron chi connectivity index (χ4n) is 1.41. The minimum absolute atomic E-state index is 0.181. The highest BCUT2D eigenvalue weighted by Gasteiger charge is 2.04. The Morgan fingerprint density at radius 3 is 2.41 bits per heavy atom. The summed E-state index contributed by atoms with van der Waals surface area (Å²) in [7, 11) is 0. The third-order valence-corrected chi connectivity index (χ3v) is 2.30. The Bertz CT molecular complexity index is 570. The van der Waals surface area contributed by atoms with E-state index in [9.17, 15) is 4.39 Å². The van der Waals surface area contributed by atoms with Crippen LogP contribution in [0.2, 0.25) is 0 Å². The molecule has 0 saturated heterocycles. The fraction of sp³-hybridized carbons (Fsp3) is 0.0714. The Labute approximate surface area is 98.9 Å². The van der Waals surface area contributed by atoms with E-state index in [0.717, 1.165) is 5.56 Å². The van der Waals surface area contributed by atoms with E-state index >= 15 is 0 Å². The number of aryl methyl sites for hydroxylation is 1. The normalized spacial score (nSPS) is 9.71. The molecule has 0 heterocycles. The lowest BCUT2D eigenvalue weighted by Gasteiger charge is -2.07. The minimum atomic E-state index is -0.394. The molecule has 0 unspecified atom stereocenters. The summed E-state index contributed by atoms with van der Waals surface area (Å²) in [5.74, 6) is 0.293. The van der Waals surface area contributed by atoms with Crippen molar-refractivity contribution in [3.05, 3.63) is 59.4 Å². The maximum Gasteiger partial charge on any atom is 0.165 e. The molecular formula is C14H10FNO. The van der Waals surface area contributed by atoms with Crippen LogP contribution in [-0.4, -0.2) is 0 Å². The van der Waals surface area contributed by atoms with Crippen molar-refractivity contribution in [3.63, 3.8) is 0 Å². The van der Waals surface area contributed by atoms with Crippen LogP contribution in [0.25, 0.3) is 0 Å². The largest absolute Gasteiger partial charge is 0.454 e. The molecule has 0 radical (unpaired) electrons. The van der Waals surface area contributed by atoms with Crippen LogP contribution in [0.5, 0.6) is 11.5 Å². The van der Waals surface area contributed by atoms with Gasteiger partial charge in [-0.25, -0.2) is 4.39 Å². The zero-order valence-corrected chi connectivity index (χ0v) is 9.27. The molecule has 0 spiro atoms. The van der Waals surface area contributed by atoms with Gasteiger partial charge in [-0.3, -0.25) is 0 Å². The second-order valence-electron chi connectivity index (χ2n) is 3.67. The van der Waals surface area contributed by atoms with E-state index in [1.807, 2.05) is 13.0 Å². The summed E-state index contributed by atoms with van der Waals surface area (Å²) in [5, 5.41) is 8.64. The summed E-state index contributed by atoms with van der Waals surface area (Å²) in [5.41, 5.74) is 1.39.